The van der Waals surface area contributed by atoms with E-state index in [1.807, 2.05) is 10.9 Å². The second-order valence-electron chi connectivity index (χ2n) is 5.42. The normalized spacial score (nSPS) is 13.0. The number of nitrogens with zero attached hydrogens (tertiary/aromatic N) is 3. The lowest BCUT2D eigenvalue weighted by molar-refractivity contribution is 0.197. The number of nitrogens with one attached hydrogen (secondary N) is 1. The van der Waals surface area contributed by atoms with Gasteiger partial charge < -0.3 is 10.1 Å². The average Bonchev–Trinajstić information content (AvgIpc) is 3.03. The molecule has 0 aliphatic carbocycles. The highest BCUT2D eigenvalue weighted by atomic mass is 32.1. The van der Waals surface area contributed by atoms with Crippen LogP contribution in [0, 0.1) is 13.8 Å². The molecule has 1 unspecified atom stereocenters. The zero-order valence-corrected chi connectivity index (χ0v) is 14.2. The molecule has 0 fully saturated rings. The molecule has 0 spiro atoms. The van der Waals surface area contributed by atoms with E-state index >= 15 is 0 Å². The van der Waals surface area contributed by atoms with Gasteiger partial charge in [0.1, 0.15) is 5.01 Å². The zero-order valence-electron chi connectivity index (χ0n) is 13.4. The van der Waals surface area contributed by atoms with Crippen molar-refractivity contribution in [1.82, 2.24) is 20.1 Å². The summed E-state index contributed by atoms with van der Waals surface area (Å²) in [5.41, 5.74) is 2.25. The van der Waals surface area contributed by atoms with E-state index in [0.29, 0.717) is 12.6 Å². The van der Waals surface area contributed by atoms with Gasteiger partial charge in [0.25, 0.3) is 0 Å². The second-order valence-corrected chi connectivity index (χ2v) is 6.66. The van der Waals surface area contributed by atoms with E-state index in [1.165, 1.54) is 4.88 Å². The van der Waals surface area contributed by atoms with Crippen LogP contribution in [0.4, 0.5) is 0 Å². The minimum atomic E-state index is 0.0741. The van der Waals surface area contributed by atoms with Crippen LogP contribution in [0.25, 0.3) is 0 Å². The Morgan fingerprint density at radius 1 is 1.38 bits per heavy atom. The summed E-state index contributed by atoms with van der Waals surface area (Å²) in [4.78, 5) is 5.96. The van der Waals surface area contributed by atoms with Gasteiger partial charge in [-0.15, -0.1) is 11.3 Å². The monoisotopic (exact) mass is 308 g/mol. The van der Waals surface area contributed by atoms with Gasteiger partial charge in [-0.3, -0.25) is 4.68 Å². The summed E-state index contributed by atoms with van der Waals surface area (Å²) in [5.74, 6) is 0. The topological polar surface area (TPSA) is 52.0 Å². The Kier molecular flexibility index (Phi) is 5.50. The largest absolute Gasteiger partial charge is 0.383 e. The minimum Gasteiger partial charge on any atom is -0.383 e. The van der Waals surface area contributed by atoms with E-state index in [4.69, 9.17) is 9.72 Å². The van der Waals surface area contributed by atoms with Gasteiger partial charge in [-0.05, 0) is 27.7 Å². The molecular formula is C15H24N4OS. The highest BCUT2D eigenvalue weighted by Crippen LogP contribution is 2.28. The summed E-state index contributed by atoms with van der Waals surface area (Å²) in [6, 6.07) is 0.434. The maximum atomic E-state index is 5.14. The van der Waals surface area contributed by atoms with Gasteiger partial charge in [-0.1, -0.05) is 0 Å². The van der Waals surface area contributed by atoms with E-state index < -0.39 is 0 Å². The fourth-order valence-corrected chi connectivity index (χ4v) is 3.09. The summed E-state index contributed by atoms with van der Waals surface area (Å²) in [7, 11) is 1.71. The molecule has 2 rings (SSSR count). The van der Waals surface area contributed by atoms with E-state index in [-0.39, 0.29) is 6.04 Å². The quantitative estimate of drug-likeness (QED) is 0.799. The van der Waals surface area contributed by atoms with Crippen LogP contribution in [0.3, 0.4) is 0 Å². The van der Waals surface area contributed by atoms with Gasteiger partial charge in [0, 0.05) is 36.3 Å². The first-order valence-electron chi connectivity index (χ1n) is 7.23. The Morgan fingerprint density at radius 3 is 2.67 bits per heavy atom. The first-order valence-corrected chi connectivity index (χ1v) is 8.05. The summed E-state index contributed by atoms with van der Waals surface area (Å²) in [6.45, 7) is 9.88. The Labute approximate surface area is 130 Å². The lowest BCUT2D eigenvalue weighted by atomic mass is 10.1. The number of aromatic nitrogens is 3. The van der Waals surface area contributed by atoms with Crippen LogP contribution < -0.4 is 5.32 Å². The Morgan fingerprint density at radius 2 is 2.14 bits per heavy atom. The first-order chi connectivity index (χ1) is 10.0. The standard InChI is InChI=1S/C15H24N4OS/c1-10(2)19-9-13(8-17-19)14(16-6-7-20-5)15-18-11(3)12(4)21-15/h8-10,14,16H,6-7H2,1-5H3. The smallest absolute Gasteiger partial charge is 0.115 e. The minimum absolute atomic E-state index is 0.0741. The number of methoxy groups -OCH3 is 1. The SMILES string of the molecule is COCCNC(c1cnn(C(C)C)c1)c1nc(C)c(C)s1. The van der Waals surface area contributed by atoms with Crippen molar-refractivity contribution in [2.24, 2.45) is 0 Å². The highest BCUT2D eigenvalue weighted by Gasteiger charge is 2.20. The van der Waals surface area contributed by atoms with Gasteiger partial charge >= 0.3 is 0 Å². The van der Waals surface area contributed by atoms with Crippen molar-refractivity contribution >= 4 is 11.3 Å². The van der Waals surface area contributed by atoms with Crippen LogP contribution in [0.5, 0.6) is 0 Å². The number of rotatable bonds is 7. The predicted octanol–water partition coefficient (Wildman–Crippen LogP) is 2.86. The van der Waals surface area contributed by atoms with Gasteiger partial charge in [0.15, 0.2) is 0 Å². The maximum absolute atomic E-state index is 5.14. The van der Waals surface area contributed by atoms with Gasteiger partial charge in [0.2, 0.25) is 0 Å². The number of aryl methyl sites for hydroxylation is 2. The molecule has 0 bridgehead atoms. The highest BCUT2D eigenvalue weighted by molar-refractivity contribution is 7.11. The molecule has 0 aliphatic rings. The van der Waals surface area contributed by atoms with Crippen molar-refractivity contribution < 1.29 is 4.74 Å². The van der Waals surface area contributed by atoms with Gasteiger partial charge in [-0.25, -0.2) is 4.98 Å². The molecule has 2 heterocycles. The lowest BCUT2D eigenvalue weighted by Crippen LogP contribution is -2.25. The van der Waals surface area contributed by atoms with E-state index in [0.717, 1.165) is 22.8 Å². The fourth-order valence-electron chi connectivity index (χ4n) is 2.06. The molecule has 5 nitrogen and oxygen atoms in total. The molecule has 0 saturated heterocycles. The fraction of sp³-hybridized carbons (Fsp3) is 0.600. The van der Waals surface area contributed by atoms with Gasteiger partial charge in [0.05, 0.1) is 24.5 Å². The lowest BCUT2D eigenvalue weighted by Gasteiger charge is -2.15. The van der Waals surface area contributed by atoms with Gasteiger partial charge in [-0.2, -0.15) is 5.10 Å². The molecule has 21 heavy (non-hydrogen) atoms. The third-order valence-corrected chi connectivity index (χ3v) is 4.57. The predicted molar refractivity (Wildman–Crippen MR) is 85.9 cm³/mol. The Bertz CT molecular complexity index is 556. The van der Waals surface area contributed by atoms with Crippen LogP contribution in [-0.2, 0) is 4.74 Å². The third kappa shape index (κ3) is 3.90. The van der Waals surface area contributed by atoms with E-state index in [2.05, 4.69) is 44.3 Å². The number of hydrogen-bond donors (Lipinski definition) is 1. The maximum Gasteiger partial charge on any atom is 0.115 e. The Balaban J connectivity index is 2.25. The summed E-state index contributed by atoms with van der Waals surface area (Å²) < 4.78 is 7.12. The zero-order chi connectivity index (χ0) is 15.4. The molecule has 6 heteroatoms. The third-order valence-electron chi connectivity index (χ3n) is 3.43. The van der Waals surface area contributed by atoms with Crippen LogP contribution in [-0.4, -0.2) is 35.0 Å². The van der Waals surface area contributed by atoms with Crippen molar-refractivity contribution in [2.45, 2.75) is 39.8 Å². The van der Waals surface area contributed by atoms with Crippen LogP contribution in [0.1, 0.15) is 47.1 Å². The molecule has 0 aromatic carbocycles. The van der Waals surface area contributed by atoms with Crippen molar-refractivity contribution in [3.05, 3.63) is 33.5 Å². The number of ether oxygens (including phenoxy) is 1. The second kappa shape index (κ2) is 7.15. The molecule has 1 atom stereocenters. The molecule has 0 amide bonds. The molecule has 2 aromatic heterocycles. The molecular weight excluding hydrogens is 284 g/mol. The van der Waals surface area contributed by atoms with Crippen molar-refractivity contribution in [3.8, 4) is 0 Å². The first kappa shape index (κ1) is 16.1. The molecule has 1 N–H and O–H groups in total. The van der Waals surface area contributed by atoms with Crippen molar-refractivity contribution in [3.63, 3.8) is 0 Å². The molecule has 0 saturated carbocycles. The molecule has 0 aliphatic heterocycles. The average molecular weight is 308 g/mol. The summed E-state index contributed by atoms with van der Waals surface area (Å²) in [5, 5.41) is 9.04. The summed E-state index contributed by atoms with van der Waals surface area (Å²) in [6.07, 6.45) is 4.03. The molecule has 116 valence electrons. The van der Waals surface area contributed by atoms with E-state index in [9.17, 15) is 0 Å². The molecule has 2 aromatic rings. The van der Waals surface area contributed by atoms with E-state index in [1.54, 1.807) is 18.4 Å². The summed E-state index contributed by atoms with van der Waals surface area (Å²) >= 11 is 1.74. The Hall–Kier alpha value is -1.24. The van der Waals surface area contributed by atoms with Crippen LogP contribution in [0.15, 0.2) is 12.4 Å². The van der Waals surface area contributed by atoms with Crippen LogP contribution >= 0.6 is 11.3 Å². The number of hydrogen-bond acceptors (Lipinski definition) is 5. The van der Waals surface area contributed by atoms with Crippen molar-refractivity contribution in [2.75, 3.05) is 20.3 Å². The number of thiazole rings is 1. The van der Waals surface area contributed by atoms with Crippen molar-refractivity contribution in [1.29, 1.82) is 0 Å². The molecule has 0 radical (unpaired) electrons. The van der Waals surface area contributed by atoms with Crippen LogP contribution in [0.2, 0.25) is 0 Å².